The van der Waals surface area contributed by atoms with Crippen LogP contribution in [0.2, 0.25) is 0 Å². The Labute approximate surface area is 127 Å². The number of rotatable bonds is 2. The Kier molecular flexibility index (Phi) is 3.68. The molecule has 21 heavy (non-hydrogen) atoms. The van der Waals surface area contributed by atoms with E-state index in [1.54, 1.807) is 6.07 Å². The fourth-order valence-corrected chi connectivity index (χ4v) is 3.93. The van der Waals surface area contributed by atoms with E-state index >= 15 is 0 Å². The van der Waals surface area contributed by atoms with Gasteiger partial charge in [0, 0.05) is 18.3 Å². The summed E-state index contributed by atoms with van der Waals surface area (Å²) in [4.78, 5) is 13.9. The Hall–Kier alpha value is -1.51. The molecule has 1 aromatic rings. The van der Waals surface area contributed by atoms with Gasteiger partial charge in [-0.15, -0.1) is 0 Å². The molecule has 0 saturated heterocycles. The highest BCUT2D eigenvalue weighted by atomic mass is 16.4. The lowest BCUT2D eigenvalue weighted by atomic mass is 9.75. The first kappa shape index (κ1) is 14.4. The normalized spacial score (nSPS) is 21.9. The number of benzene rings is 1. The molecule has 0 atom stereocenters. The molecule has 3 rings (SSSR count). The molecule has 1 aliphatic carbocycles. The molecule has 2 aliphatic rings. The molecule has 1 aliphatic heterocycles. The zero-order valence-corrected chi connectivity index (χ0v) is 13.1. The highest BCUT2D eigenvalue weighted by Crippen LogP contribution is 2.40. The number of carboxylic acid groups (broad SMARTS) is 1. The maximum atomic E-state index is 11.4. The van der Waals surface area contributed by atoms with Crippen LogP contribution in [0.3, 0.4) is 0 Å². The minimum Gasteiger partial charge on any atom is -0.478 e. The van der Waals surface area contributed by atoms with E-state index < -0.39 is 5.97 Å². The number of nitrogens with zero attached hydrogens (tertiary/aromatic N) is 1. The lowest BCUT2D eigenvalue weighted by Crippen LogP contribution is -2.42. The van der Waals surface area contributed by atoms with Crippen molar-refractivity contribution in [1.29, 1.82) is 0 Å². The first-order valence-corrected chi connectivity index (χ1v) is 8.10. The summed E-state index contributed by atoms with van der Waals surface area (Å²) in [5.74, 6) is -0.793. The van der Waals surface area contributed by atoms with Gasteiger partial charge in [-0.1, -0.05) is 19.9 Å². The highest BCUT2D eigenvalue weighted by molar-refractivity contribution is 5.91. The summed E-state index contributed by atoms with van der Waals surface area (Å²) in [7, 11) is 0. The maximum Gasteiger partial charge on any atom is 0.336 e. The molecule has 0 spiro atoms. The minimum atomic E-state index is -0.793. The van der Waals surface area contributed by atoms with E-state index in [2.05, 4.69) is 24.8 Å². The molecule has 114 valence electrons. The Morgan fingerprint density at radius 3 is 2.67 bits per heavy atom. The zero-order chi connectivity index (χ0) is 15.0. The molecule has 1 heterocycles. The average Bonchev–Trinajstić information content (AvgIpc) is 2.46. The number of hydrogen-bond donors (Lipinski definition) is 1. The molecule has 0 unspecified atom stereocenters. The van der Waals surface area contributed by atoms with E-state index in [0.717, 1.165) is 24.9 Å². The summed E-state index contributed by atoms with van der Waals surface area (Å²) >= 11 is 0. The van der Waals surface area contributed by atoms with Crippen LogP contribution in [0.15, 0.2) is 18.2 Å². The summed E-state index contributed by atoms with van der Waals surface area (Å²) < 4.78 is 0. The quantitative estimate of drug-likeness (QED) is 0.890. The molecule has 0 aromatic heterocycles. The summed E-state index contributed by atoms with van der Waals surface area (Å²) in [6.07, 6.45) is 6.95. The van der Waals surface area contributed by atoms with Crippen LogP contribution < -0.4 is 4.90 Å². The Balaban J connectivity index is 1.88. The lowest BCUT2D eigenvalue weighted by Gasteiger charge is -2.43. The number of carbonyl (C=O) groups is 1. The molecular formula is C18H25NO2. The van der Waals surface area contributed by atoms with Gasteiger partial charge in [-0.05, 0) is 61.6 Å². The van der Waals surface area contributed by atoms with Crippen molar-refractivity contribution in [3.8, 4) is 0 Å². The lowest BCUT2D eigenvalue weighted by molar-refractivity contribution is 0.0695. The van der Waals surface area contributed by atoms with Gasteiger partial charge in [0.2, 0.25) is 0 Å². The van der Waals surface area contributed by atoms with E-state index in [-0.39, 0.29) is 0 Å². The standard InChI is InChI=1S/C18H25NO2/c1-18(2)10-8-13(9-11-18)19-12-4-6-14-15(17(20)21)5-3-7-16(14)19/h3,5,7,13H,4,6,8-12H2,1-2H3,(H,20,21). The van der Waals surface area contributed by atoms with Crippen molar-refractivity contribution in [3.05, 3.63) is 29.3 Å². The molecule has 1 aromatic carbocycles. The average molecular weight is 287 g/mol. The van der Waals surface area contributed by atoms with Crippen molar-refractivity contribution < 1.29 is 9.90 Å². The summed E-state index contributed by atoms with van der Waals surface area (Å²) in [6, 6.07) is 6.34. The van der Waals surface area contributed by atoms with Crippen LogP contribution in [-0.4, -0.2) is 23.7 Å². The first-order chi connectivity index (χ1) is 9.98. The van der Waals surface area contributed by atoms with Crippen molar-refractivity contribution in [2.75, 3.05) is 11.4 Å². The topological polar surface area (TPSA) is 40.5 Å². The molecule has 3 nitrogen and oxygen atoms in total. The van der Waals surface area contributed by atoms with Crippen molar-refractivity contribution in [1.82, 2.24) is 0 Å². The number of hydrogen-bond acceptors (Lipinski definition) is 2. The highest BCUT2D eigenvalue weighted by Gasteiger charge is 2.32. The van der Waals surface area contributed by atoms with Crippen molar-refractivity contribution in [3.63, 3.8) is 0 Å². The van der Waals surface area contributed by atoms with Crippen LogP contribution in [0.1, 0.15) is 61.9 Å². The Morgan fingerprint density at radius 2 is 2.00 bits per heavy atom. The number of fused-ring (bicyclic) bond motifs is 1. The molecule has 1 fully saturated rings. The van der Waals surface area contributed by atoms with Gasteiger partial charge in [-0.3, -0.25) is 0 Å². The molecule has 0 radical (unpaired) electrons. The molecule has 1 N–H and O–H groups in total. The molecule has 0 bridgehead atoms. The maximum absolute atomic E-state index is 11.4. The van der Waals surface area contributed by atoms with Crippen molar-refractivity contribution in [2.24, 2.45) is 5.41 Å². The molecular weight excluding hydrogens is 262 g/mol. The largest absolute Gasteiger partial charge is 0.478 e. The Morgan fingerprint density at radius 1 is 1.29 bits per heavy atom. The monoisotopic (exact) mass is 287 g/mol. The third-order valence-electron chi connectivity index (χ3n) is 5.27. The first-order valence-electron chi connectivity index (χ1n) is 8.10. The predicted molar refractivity (Wildman–Crippen MR) is 85.1 cm³/mol. The molecule has 0 amide bonds. The van der Waals surface area contributed by atoms with E-state index in [0.29, 0.717) is 17.0 Å². The Bertz CT molecular complexity index is 540. The SMILES string of the molecule is CC1(C)CCC(N2CCCc3c(C(=O)O)cccc32)CC1. The van der Waals surface area contributed by atoms with E-state index in [1.165, 1.54) is 31.4 Å². The molecule has 3 heteroatoms. The van der Waals surface area contributed by atoms with Crippen LogP contribution in [0.5, 0.6) is 0 Å². The summed E-state index contributed by atoms with van der Waals surface area (Å²) in [5, 5.41) is 9.39. The van der Waals surface area contributed by atoms with E-state index in [4.69, 9.17) is 0 Å². The van der Waals surface area contributed by atoms with Gasteiger partial charge in [0.15, 0.2) is 0 Å². The van der Waals surface area contributed by atoms with E-state index in [9.17, 15) is 9.90 Å². The van der Waals surface area contributed by atoms with Gasteiger partial charge >= 0.3 is 5.97 Å². The third-order valence-corrected chi connectivity index (χ3v) is 5.27. The van der Waals surface area contributed by atoms with Crippen molar-refractivity contribution >= 4 is 11.7 Å². The van der Waals surface area contributed by atoms with Gasteiger partial charge in [0.1, 0.15) is 0 Å². The van der Waals surface area contributed by atoms with Crippen molar-refractivity contribution in [2.45, 2.75) is 58.4 Å². The third kappa shape index (κ3) is 2.78. The van der Waals surface area contributed by atoms with Crippen LogP contribution in [-0.2, 0) is 6.42 Å². The fraction of sp³-hybridized carbons (Fsp3) is 0.611. The summed E-state index contributed by atoms with van der Waals surface area (Å²) in [6.45, 7) is 5.78. The second-order valence-electron chi connectivity index (χ2n) is 7.30. The zero-order valence-electron chi connectivity index (χ0n) is 13.1. The van der Waals surface area contributed by atoms with E-state index in [1.807, 2.05) is 6.07 Å². The van der Waals surface area contributed by atoms with Crippen LogP contribution in [0.25, 0.3) is 0 Å². The molecule has 1 saturated carbocycles. The smallest absolute Gasteiger partial charge is 0.336 e. The van der Waals surface area contributed by atoms with Crippen LogP contribution in [0.4, 0.5) is 5.69 Å². The predicted octanol–water partition coefficient (Wildman–Crippen LogP) is 4.11. The van der Waals surface area contributed by atoms with Gasteiger partial charge < -0.3 is 10.0 Å². The summed E-state index contributed by atoms with van der Waals surface area (Å²) in [5.41, 5.74) is 3.18. The fourth-order valence-electron chi connectivity index (χ4n) is 3.93. The second kappa shape index (κ2) is 5.36. The van der Waals surface area contributed by atoms with Crippen LogP contribution in [0, 0.1) is 5.41 Å². The number of anilines is 1. The van der Waals surface area contributed by atoms with Gasteiger partial charge in [-0.25, -0.2) is 4.79 Å². The van der Waals surface area contributed by atoms with Gasteiger partial charge in [0.25, 0.3) is 0 Å². The second-order valence-corrected chi connectivity index (χ2v) is 7.30. The number of aromatic carboxylic acids is 1. The minimum absolute atomic E-state index is 0.470. The van der Waals surface area contributed by atoms with Crippen LogP contribution >= 0.6 is 0 Å². The van der Waals surface area contributed by atoms with Gasteiger partial charge in [0.05, 0.1) is 5.56 Å². The van der Waals surface area contributed by atoms with Gasteiger partial charge in [-0.2, -0.15) is 0 Å². The number of carboxylic acids is 1.